The van der Waals surface area contributed by atoms with E-state index in [1.807, 2.05) is 0 Å². The fourth-order valence-electron chi connectivity index (χ4n) is 1.29. The molecule has 1 aromatic carbocycles. The fraction of sp³-hybridized carbons (Fsp3) is 0. The number of carbonyl (C=O) groups is 3. The van der Waals surface area contributed by atoms with Crippen molar-refractivity contribution in [1.82, 2.24) is 0 Å². The van der Waals surface area contributed by atoms with Crippen LogP contribution >= 0.6 is 0 Å². The highest BCUT2D eigenvalue weighted by molar-refractivity contribution is 6.09. The van der Waals surface area contributed by atoms with Crippen LogP contribution in [0.5, 0.6) is 0 Å². The predicted molar refractivity (Wildman–Crippen MR) is 51.8 cm³/mol. The minimum absolute atomic E-state index is 0.0464. The Labute approximate surface area is 89.8 Å². The van der Waals surface area contributed by atoms with Crippen molar-refractivity contribution >= 4 is 17.9 Å². The van der Waals surface area contributed by atoms with E-state index in [1.165, 1.54) is 0 Å². The Balaban J connectivity index is 3.70. The Bertz CT molecular complexity index is 488. The molecule has 3 N–H and O–H groups in total. The fourth-order valence-corrected chi connectivity index (χ4v) is 1.29. The summed E-state index contributed by atoms with van der Waals surface area (Å²) in [6.45, 7) is 3.35. The third-order valence-corrected chi connectivity index (χ3v) is 1.95. The third-order valence-electron chi connectivity index (χ3n) is 1.95. The maximum absolute atomic E-state index is 10.8. The summed E-state index contributed by atoms with van der Waals surface area (Å²) < 4.78 is 0. The Kier molecular flexibility index (Phi) is 2.94. The third kappa shape index (κ3) is 1.85. The molecule has 0 heterocycles. The summed E-state index contributed by atoms with van der Waals surface area (Å²) in [5, 5.41) is 26.4. The average molecular weight is 223 g/mol. The van der Waals surface area contributed by atoms with Gasteiger partial charge in [-0.15, -0.1) is 0 Å². The normalized spacial score (nSPS) is 9.81. The van der Waals surface area contributed by atoms with Crippen molar-refractivity contribution in [2.24, 2.45) is 0 Å². The van der Waals surface area contributed by atoms with Crippen LogP contribution in [-0.2, 0) is 0 Å². The van der Waals surface area contributed by atoms with Gasteiger partial charge in [0.25, 0.3) is 0 Å². The van der Waals surface area contributed by atoms with Crippen LogP contribution in [0.3, 0.4) is 0 Å². The number of hydrogen-bond acceptors (Lipinski definition) is 3. The van der Waals surface area contributed by atoms with Crippen molar-refractivity contribution in [3.05, 3.63) is 41.3 Å². The first-order chi connectivity index (χ1) is 7.36. The Morgan fingerprint density at radius 1 is 0.875 bits per heavy atom. The molecule has 0 aliphatic carbocycles. The molecule has 16 heavy (non-hydrogen) atoms. The van der Waals surface area contributed by atoms with Gasteiger partial charge in [0.2, 0.25) is 0 Å². The SMILES string of the molecule is [CH2]c1ccc(C(=O)O)c(C(=O)O)c1C(=O)O. The van der Waals surface area contributed by atoms with Gasteiger partial charge in [0.1, 0.15) is 0 Å². The molecule has 1 aromatic rings. The van der Waals surface area contributed by atoms with Gasteiger partial charge in [-0.25, -0.2) is 14.4 Å². The first-order valence-corrected chi connectivity index (χ1v) is 4.05. The van der Waals surface area contributed by atoms with Gasteiger partial charge in [0.05, 0.1) is 16.7 Å². The summed E-state index contributed by atoms with van der Waals surface area (Å²) in [6.07, 6.45) is 0. The monoisotopic (exact) mass is 223 g/mol. The van der Waals surface area contributed by atoms with Crippen molar-refractivity contribution in [3.63, 3.8) is 0 Å². The van der Waals surface area contributed by atoms with E-state index in [0.717, 1.165) is 12.1 Å². The van der Waals surface area contributed by atoms with Crippen LogP contribution in [0.4, 0.5) is 0 Å². The van der Waals surface area contributed by atoms with Crippen LogP contribution in [0.25, 0.3) is 0 Å². The van der Waals surface area contributed by atoms with Gasteiger partial charge in [0, 0.05) is 0 Å². The van der Waals surface area contributed by atoms with Crippen LogP contribution < -0.4 is 0 Å². The smallest absolute Gasteiger partial charge is 0.337 e. The zero-order valence-corrected chi connectivity index (χ0v) is 7.93. The van der Waals surface area contributed by atoms with Gasteiger partial charge in [-0.1, -0.05) is 6.07 Å². The first-order valence-electron chi connectivity index (χ1n) is 4.05. The second kappa shape index (κ2) is 4.01. The van der Waals surface area contributed by atoms with Gasteiger partial charge in [-0.05, 0) is 18.6 Å². The maximum Gasteiger partial charge on any atom is 0.337 e. The van der Waals surface area contributed by atoms with Gasteiger partial charge in [-0.2, -0.15) is 0 Å². The number of rotatable bonds is 3. The molecule has 0 bridgehead atoms. The minimum Gasteiger partial charge on any atom is -0.478 e. The molecule has 1 rings (SSSR count). The Hall–Kier alpha value is -2.37. The summed E-state index contributed by atoms with van der Waals surface area (Å²) in [5.41, 5.74) is -1.98. The molecule has 0 saturated carbocycles. The van der Waals surface area contributed by atoms with E-state index >= 15 is 0 Å². The summed E-state index contributed by atoms with van der Waals surface area (Å²) in [4.78, 5) is 32.4. The van der Waals surface area contributed by atoms with Gasteiger partial charge < -0.3 is 15.3 Å². The Morgan fingerprint density at radius 2 is 1.38 bits per heavy atom. The van der Waals surface area contributed by atoms with Crippen LogP contribution in [0, 0.1) is 6.92 Å². The summed E-state index contributed by atoms with van der Waals surface area (Å²) in [5.74, 6) is -4.63. The van der Waals surface area contributed by atoms with E-state index in [4.69, 9.17) is 15.3 Å². The zero-order valence-electron chi connectivity index (χ0n) is 7.93. The molecule has 83 valence electrons. The van der Waals surface area contributed by atoms with E-state index in [9.17, 15) is 14.4 Å². The van der Waals surface area contributed by atoms with E-state index in [1.54, 1.807) is 0 Å². The highest BCUT2D eigenvalue weighted by atomic mass is 16.4. The lowest BCUT2D eigenvalue weighted by Gasteiger charge is -2.08. The molecule has 0 aromatic heterocycles. The maximum atomic E-state index is 10.8. The number of aromatic carboxylic acids is 3. The highest BCUT2D eigenvalue weighted by Crippen LogP contribution is 2.19. The number of hydrogen-bond donors (Lipinski definition) is 3. The predicted octanol–water partition coefficient (Wildman–Crippen LogP) is 0.963. The van der Waals surface area contributed by atoms with Gasteiger partial charge in [0.15, 0.2) is 0 Å². The van der Waals surface area contributed by atoms with Crippen LogP contribution in [-0.4, -0.2) is 33.2 Å². The molecule has 1 radical (unpaired) electrons. The van der Waals surface area contributed by atoms with Crippen molar-refractivity contribution in [1.29, 1.82) is 0 Å². The first kappa shape index (κ1) is 11.7. The van der Waals surface area contributed by atoms with Crippen molar-refractivity contribution in [3.8, 4) is 0 Å². The molecular weight excluding hydrogens is 216 g/mol. The molecular formula is C10H7O6. The van der Waals surface area contributed by atoms with E-state index < -0.39 is 34.6 Å². The second-order valence-electron chi connectivity index (χ2n) is 2.94. The molecule has 0 aliphatic rings. The number of carboxylic acids is 3. The lowest BCUT2D eigenvalue weighted by atomic mass is 9.96. The quantitative estimate of drug-likeness (QED) is 0.703. The van der Waals surface area contributed by atoms with Crippen molar-refractivity contribution in [2.75, 3.05) is 0 Å². The largest absolute Gasteiger partial charge is 0.478 e. The number of benzene rings is 1. The van der Waals surface area contributed by atoms with E-state index in [-0.39, 0.29) is 5.56 Å². The molecule has 0 saturated heterocycles. The number of carboxylic acid groups (broad SMARTS) is 3. The van der Waals surface area contributed by atoms with Crippen LogP contribution in [0.15, 0.2) is 12.1 Å². The molecule has 6 heteroatoms. The standard InChI is InChI=1S/C10H7O6/c1-4-2-3-5(8(11)12)7(10(15)16)6(4)9(13)14/h2-3H,1H2,(H,11,12)(H,13,14)(H,15,16). The molecule has 0 aliphatic heterocycles. The lowest BCUT2D eigenvalue weighted by molar-refractivity contribution is 0.0633. The molecule has 0 unspecified atom stereocenters. The van der Waals surface area contributed by atoms with Gasteiger partial charge in [-0.3, -0.25) is 0 Å². The Morgan fingerprint density at radius 3 is 1.75 bits per heavy atom. The highest BCUT2D eigenvalue weighted by Gasteiger charge is 2.25. The average Bonchev–Trinajstić information content (AvgIpc) is 2.15. The molecule has 0 fully saturated rings. The zero-order chi connectivity index (χ0) is 12.5. The van der Waals surface area contributed by atoms with E-state index in [0.29, 0.717) is 0 Å². The topological polar surface area (TPSA) is 112 Å². The van der Waals surface area contributed by atoms with E-state index in [2.05, 4.69) is 6.92 Å². The molecule has 0 spiro atoms. The minimum atomic E-state index is -1.61. The second-order valence-corrected chi connectivity index (χ2v) is 2.94. The van der Waals surface area contributed by atoms with Crippen LogP contribution in [0.1, 0.15) is 36.6 Å². The van der Waals surface area contributed by atoms with Gasteiger partial charge >= 0.3 is 17.9 Å². The summed E-state index contributed by atoms with van der Waals surface area (Å²) >= 11 is 0. The molecule has 0 amide bonds. The van der Waals surface area contributed by atoms with Crippen molar-refractivity contribution < 1.29 is 29.7 Å². The van der Waals surface area contributed by atoms with Crippen LogP contribution in [0.2, 0.25) is 0 Å². The van der Waals surface area contributed by atoms with Crippen molar-refractivity contribution in [2.45, 2.75) is 0 Å². The molecule has 6 nitrogen and oxygen atoms in total. The summed E-state index contributed by atoms with van der Waals surface area (Å²) in [6, 6.07) is 2.17. The molecule has 0 atom stereocenters. The lowest BCUT2D eigenvalue weighted by Crippen LogP contribution is -2.16. The summed E-state index contributed by atoms with van der Waals surface area (Å²) in [7, 11) is 0.